The quantitative estimate of drug-likeness (QED) is 0.465. The summed E-state index contributed by atoms with van der Waals surface area (Å²) in [4.78, 5) is 29.6. The first-order valence-corrected chi connectivity index (χ1v) is 7.66. The lowest BCUT2D eigenvalue weighted by molar-refractivity contribution is -0.135. The van der Waals surface area contributed by atoms with Gasteiger partial charge in [0.15, 0.2) is 11.5 Å². The molecule has 1 rings (SSSR count). The highest BCUT2D eigenvalue weighted by molar-refractivity contribution is 7.52. The van der Waals surface area contributed by atoms with Crippen LogP contribution < -0.4 is 9.47 Å². The molecule has 2 N–H and O–H groups in total. The van der Waals surface area contributed by atoms with Gasteiger partial charge in [-0.25, -0.2) is 4.79 Å². The van der Waals surface area contributed by atoms with Crippen LogP contribution in [0.1, 0.15) is 5.56 Å². The van der Waals surface area contributed by atoms with Crippen LogP contribution in [0.15, 0.2) is 23.8 Å². The smallest absolute Gasteiger partial charge is 0.334 e. The number of ether oxygens (including phenoxy) is 3. The van der Waals surface area contributed by atoms with E-state index in [0.29, 0.717) is 17.1 Å². The first-order chi connectivity index (χ1) is 9.80. The fourth-order valence-electron chi connectivity index (χ4n) is 1.67. The van der Waals surface area contributed by atoms with Gasteiger partial charge in [-0.3, -0.25) is 4.57 Å². The molecule has 0 amide bonds. The Balaban J connectivity index is 3.21. The minimum atomic E-state index is -4.39. The van der Waals surface area contributed by atoms with Crippen molar-refractivity contribution in [2.75, 3.05) is 27.5 Å². The number of carbonyl (C=O) groups excluding carboxylic acids is 1. The first kappa shape index (κ1) is 17.2. The normalized spacial score (nSPS) is 12.0. The van der Waals surface area contributed by atoms with Gasteiger partial charge in [-0.15, -0.1) is 0 Å². The zero-order valence-electron chi connectivity index (χ0n) is 11.9. The summed E-state index contributed by atoms with van der Waals surface area (Å²) in [5.74, 6) is 0.143. The van der Waals surface area contributed by atoms with Crippen LogP contribution in [-0.4, -0.2) is 43.2 Å². The number of carbonyl (C=O) groups is 1. The van der Waals surface area contributed by atoms with Crippen LogP contribution in [0.5, 0.6) is 11.5 Å². The molecule has 0 aliphatic carbocycles. The molecule has 7 nitrogen and oxygen atoms in total. The van der Waals surface area contributed by atoms with Gasteiger partial charge >= 0.3 is 13.6 Å². The van der Waals surface area contributed by atoms with E-state index in [4.69, 9.17) is 19.3 Å². The summed E-state index contributed by atoms with van der Waals surface area (Å²) in [5, 5.41) is 0. The van der Waals surface area contributed by atoms with Crippen molar-refractivity contribution in [1.29, 1.82) is 0 Å². The second-order valence-electron chi connectivity index (χ2n) is 4.10. The van der Waals surface area contributed by atoms with E-state index in [0.717, 1.165) is 7.11 Å². The Bertz CT molecular complexity index is 588. The Kier molecular flexibility index (Phi) is 5.96. The molecule has 0 aromatic heterocycles. The summed E-state index contributed by atoms with van der Waals surface area (Å²) in [6.07, 6.45) is 0.640. The summed E-state index contributed by atoms with van der Waals surface area (Å²) >= 11 is 0. The van der Waals surface area contributed by atoms with Gasteiger partial charge < -0.3 is 24.0 Å². The summed E-state index contributed by atoms with van der Waals surface area (Å²) in [5.41, 5.74) is 0.402. The minimum Gasteiger partial charge on any atom is -0.493 e. The zero-order chi connectivity index (χ0) is 16.0. The third-order valence-corrected chi connectivity index (χ3v) is 3.33. The van der Waals surface area contributed by atoms with Crippen molar-refractivity contribution in [3.8, 4) is 11.5 Å². The predicted octanol–water partition coefficient (Wildman–Crippen LogP) is 1.44. The molecular weight excluding hydrogens is 299 g/mol. The van der Waals surface area contributed by atoms with Gasteiger partial charge in [0.25, 0.3) is 0 Å². The van der Waals surface area contributed by atoms with Crippen LogP contribution in [0.25, 0.3) is 6.08 Å². The molecule has 21 heavy (non-hydrogen) atoms. The molecule has 116 valence electrons. The second kappa shape index (κ2) is 7.26. The monoisotopic (exact) mass is 316 g/mol. The van der Waals surface area contributed by atoms with Crippen LogP contribution >= 0.6 is 7.60 Å². The fourth-order valence-corrected chi connectivity index (χ4v) is 2.33. The van der Waals surface area contributed by atoms with Crippen LogP contribution in [0.4, 0.5) is 0 Å². The molecule has 8 heteroatoms. The van der Waals surface area contributed by atoms with Crippen LogP contribution in [-0.2, 0) is 14.1 Å². The molecule has 0 heterocycles. The first-order valence-electron chi connectivity index (χ1n) is 5.86. The fraction of sp³-hybridized carbons (Fsp3) is 0.308. The van der Waals surface area contributed by atoms with Gasteiger partial charge in [-0.1, -0.05) is 6.07 Å². The molecule has 0 saturated heterocycles. The van der Waals surface area contributed by atoms with Crippen molar-refractivity contribution in [2.45, 2.75) is 0 Å². The number of methoxy groups -OCH3 is 3. The number of hydrogen-bond acceptors (Lipinski definition) is 5. The number of esters is 1. The topological polar surface area (TPSA) is 102 Å². The average Bonchev–Trinajstić information content (AvgIpc) is 2.44. The van der Waals surface area contributed by atoms with E-state index in [1.807, 2.05) is 0 Å². The molecular formula is C13H17O7P. The third kappa shape index (κ3) is 5.23. The molecule has 1 aromatic rings. The minimum absolute atomic E-state index is 0.127. The summed E-state index contributed by atoms with van der Waals surface area (Å²) in [6.45, 7) is 0. The molecule has 0 radical (unpaired) electrons. The van der Waals surface area contributed by atoms with Crippen molar-refractivity contribution in [2.24, 2.45) is 0 Å². The lowest BCUT2D eigenvalue weighted by atomic mass is 10.1. The Labute approximate surface area is 122 Å². The SMILES string of the molecule is COC(=O)/C(=C/c1ccc(OC)c(OC)c1)CP(=O)(O)O. The Morgan fingerprint density at radius 1 is 1.19 bits per heavy atom. The van der Waals surface area contributed by atoms with E-state index in [-0.39, 0.29) is 5.57 Å². The van der Waals surface area contributed by atoms with Gasteiger partial charge in [0.05, 0.1) is 27.5 Å². The summed E-state index contributed by atoms with van der Waals surface area (Å²) in [7, 11) is -0.294. The van der Waals surface area contributed by atoms with E-state index in [2.05, 4.69) is 4.74 Å². The van der Waals surface area contributed by atoms with Gasteiger partial charge in [0, 0.05) is 5.57 Å². The van der Waals surface area contributed by atoms with Gasteiger partial charge in [0.2, 0.25) is 0 Å². The molecule has 0 fully saturated rings. The molecule has 0 spiro atoms. The van der Waals surface area contributed by atoms with E-state index in [1.54, 1.807) is 18.2 Å². The van der Waals surface area contributed by atoms with Crippen LogP contribution in [0, 0.1) is 0 Å². The molecule has 0 aliphatic heterocycles. The van der Waals surface area contributed by atoms with E-state index < -0.39 is 19.7 Å². The Morgan fingerprint density at radius 3 is 2.29 bits per heavy atom. The molecule has 0 atom stereocenters. The molecule has 0 saturated carbocycles. The highest BCUT2D eigenvalue weighted by Crippen LogP contribution is 2.38. The van der Waals surface area contributed by atoms with E-state index in [1.165, 1.54) is 20.3 Å². The van der Waals surface area contributed by atoms with Crippen molar-refractivity contribution >= 4 is 19.6 Å². The van der Waals surface area contributed by atoms with Crippen molar-refractivity contribution < 1.29 is 33.4 Å². The van der Waals surface area contributed by atoms with E-state index in [9.17, 15) is 9.36 Å². The molecule has 0 unspecified atom stereocenters. The standard InChI is InChI=1S/C13H17O7P/c1-18-11-5-4-9(7-12(11)19-2)6-10(13(14)20-3)8-21(15,16)17/h4-7H,8H2,1-3H3,(H2,15,16,17)/b10-6+. The second-order valence-corrected chi connectivity index (χ2v) is 5.74. The largest absolute Gasteiger partial charge is 0.493 e. The maximum atomic E-state index is 11.6. The van der Waals surface area contributed by atoms with Gasteiger partial charge in [-0.2, -0.15) is 0 Å². The van der Waals surface area contributed by atoms with Crippen molar-refractivity contribution in [3.63, 3.8) is 0 Å². The Hall–Kier alpha value is -1.82. The lowest BCUT2D eigenvalue weighted by Crippen LogP contribution is -2.09. The Morgan fingerprint density at radius 2 is 1.81 bits per heavy atom. The molecule has 0 aliphatic rings. The third-order valence-electron chi connectivity index (χ3n) is 2.57. The lowest BCUT2D eigenvalue weighted by Gasteiger charge is -2.10. The summed E-state index contributed by atoms with van der Waals surface area (Å²) < 4.78 is 25.8. The van der Waals surface area contributed by atoms with Crippen molar-refractivity contribution in [1.82, 2.24) is 0 Å². The maximum Gasteiger partial charge on any atom is 0.334 e. The van der Waals surface area contributed by atoms with Gasteiger partial charge in [-0.05, 0) is 23.8 Å². The highest BCUT2D eigenvalue weighted by Gasteiger charge is 2.22. The van der Waals surface area contributed by atoms with Gasteiger partial charge in [0.1, 0.15) is 0 Å². The predicted molar refractivity (Wildman–Crippen MR) is 76.5 cm³/mol. The van der Waals surface area contributed by atoms with E-state index >= 15 is 0 Å². The van der Waals surface area contributed by atoms with Crippen molar-refractivity contribution in [3.05, 3.63) is 29.3 Å². The number of hydrogen-bond donors (Lipinski definition) is 2. The maximum absolute atomic E-state index is 11.6. The van der Waals surface area contributed by atoms with Crippen LogP contribution in [0.3, 0.4) is 0 Å². The molecule has 0 bridgehead atoms. The summed E-state index contributed by atoms with van der Waals surface area (Å²) in [6, 6.07) is 4.84. The zero-order valence-corrected chi connectivity index (χ0v) is 12.8. The highest BCUT2D eigenvalue weighted by atomic mass is 31.2. The van der Waals surface area contributed by atoms with Crippen LogP contribution in [0.2, 0.25) is 0 Å². The number of rotatable bonds is 6. The average molecular weight is 316 g/mol. The molecule has 1 aromatic carbocycles. The number of benzene rings is 1.